The minimum Gasteiger partial charge on any atom is -0.497 e. The van der Waals surface area contributed by atoms with Crippen molar-refractivity contribution in [1.82, 2.24) is 14.9 Å². The van der Waals surface area contributed by atoms with Crippen molar-refractivity contribution in [3.63, 3.8) is 0 Å². The Morgan fingerprint density at radius 3 is 2.34 bits per heavy atom. The number of H-pyrrole nitrogens is 1. The van der Waals surface area contributed by atoms with E-state index in [0.29, 0.717) is 11.6 Å². The van der Waals surface area contributed by atoms with Gasteiger partial charge < -0.3 is 14.5 Å². The highest BCUT2D eigenvalue weighted by Gasteiger charge is 2.22. The molecule has 2 aromatic carbocycles. The summed E-state index contributed by atoms with van der Waals surface area (Å²) in [5.41, 5.74) is 2.76. The number of carbonyl (C=O) groups is 1. The van der Waals surface area contributed by atoms with E-state index in [9.17, 15) is 9.59 Å². The second-order valence-corrected chi connectivity index (χ2v) is 8.04. The van der Waals surface area contributed by atoms with E-state index in [0.717, 1.165) is 49.5 Å². The fourth-order valence-corrected chi connectivity index (χ4v) is 4.05. The molecule has 0 atom stereocenters. The Morgan fingerprint density at radius 2 is 1.72 bits per heavy atom. The van der Waals surface area contributed by atoms with Crippen LogP contribution in [0, 0.1) is 0 Å². The number of ether oxygens (including phenoxy) is 2. The molecule has 2 heterocycles. The molecular formula is C25H27N3O4. The normalized spacial score (nSPS) is 14.8. The van der Waals surface area contributed by atoms with Crippen LogP contribution in [0.15, 0.2) is 59.4 Å². The van der Waals surface area contributed by atoms with Crippen molar-refractivity contribution in [3.05, 3.63) is 76.2 Å². The van der Waals surface area contributed by atoms with Crippen LogP contribution in [0.4, 0.5) is 0 Å². The highest BCUT2D eigenvalue weighted by Crippen LogP contribution is 2.28. The maximum absolute atomic E-state index is 12.3. The number of benzene rings is 2. The first-order chi connectivity index (χ1) is 15.5. The highest BCUT2D eigenvalue weighted by molar-refractivity contribution is 5.69. The van der Waals surface area contributed by atoms with Gasteiger partial charge in [0.15, 0.2) is 0 Å². The van der Waals surface area contributed by atoms with Crippen molar-refractivity contribution in [3.8, 4) is 22.9 Å². The number of piperidine rings is 1. The average molecular weight is 434 g/mol. The Morgan fingerprint density at radius 1 is 1.06 bits per heavy atom. The predicted octanol–water partition coefficient (Wildman–Crippen LogP) is 3.75. The zero-order chi connectivity index (χ0) is 22.5. The summed E-state index contributed by atoms with van der Waals surface area (Å²) >= 11 is 0. The molecular weight excluding hydrogens is 406 g/mol. The zero-order valence-electron chi connectivity index (χ0n) is 18.3. The van der Waals surface area contributed by atoms with Crippen molar-refractivity contribution >= 4 is 5.97 Å². The van der Waals surface area contributed by atoms with Crippen molar-refractivity contribution in [2.24, 2.45) is 0 Å². The second kappa shape index (κ2) is 9.78. The van der Waals surface area contributed by atoms with Gasteiger partial charge in [0.05, 0.1) is 12.8 Å². The van der Waals surface area contributed by atoms with Gasteiger partial charge in [0.1, 0.15) is 17.3 Å². The molecule has 0 saturated carbocycles. The largest absolute Gasteiger partial charge is 0.497 e. The van der Waals surface area contributed by atoms with Crippen LogP contribution >= 0.6 is 0 Å². The molecule has 7 heteroatoms. The lowest BCUT2D eigenvalue weighted by Gasteiger charge is -2.31. The molecule has 166 valence electrons. The summed E-state index contributed by atoms with van der Waals surface area (Å²) in [6.45, 7) is 4.10. The summed E-state index contributed by atoms with van der Waals surface area (Å²) in [6, 6.07) is 16.8. The van der Waals surface area contributed by atoms with Gasteiger partial charge in [0, 0.05) is 31.0 Å². The van der Waals surface area contributed by atoms with Gasteiger partial charge in [-0.1, -0.05) is 12.1 Å². The molecule has 1 aliphatic heterocycles. The zero-order valence-corrected chi connectivity index (χ0v) is 18.3. The molecule has 1 aliphatic rings. The monoisotopic (exact) mass is 433 g/mol. The van der Waals surface area contributed by atoms with Crippen molar-refractivity contribution in [2.45, 2.75) is 32.2 Å². The molecule has 7 nitrogen and oxygen atoms in total. The van der Waals surface area contributed by atoms with Gasteiger partial charge >= 0.3 is 5.97 Å². The molecule has 0 bridgehead atoms. The molecule has 1 fully saturated rings. The lowest BCUT2D eigenvalue weighted by Crippen LogP contribution is -2.33. The molecule has 0 radical (unpaired) electrons. The number of rotatable bonds is 6. The molecule has 3 aromatic rings. The van der Waals surface area contributed by atoms with Crippen LogP contribution in [0.5, 0.6) is 11.5 Å². The third-order valence-electron chi connectivity index (χ3n) is 5.72. The lowest BCUT2D eigenvalue weighted by molar-refractivity contribution is -0.131. The predicted molar refractivity (Wildman–Crippen MR) is 122 cm³/mol. The minimum absolute atomic E-state index is 0.129. The highest BCUT2D eigenvalue weighted by atomic mass is 16.5. The van der Waals surface area contributed by atoms with E-state index in [-0.39, 0.29) is 17.4 Å². The summed E-state index contributed by atoms with van der Waals surface area (Å²) < 4.78 is 10.3. The number of hydrogen-bond acceptors (Lipinski definition) is 6. The van der Waals surface area contributed by atoms with Crippen LogP contribution in [0.2, 0.25) is 0 Å². The molecule has 0 spiro atoms. The number of carbonyl (C=O) groups excluding carboxylic acids is 1. The smallest absolute Gasteiger partial charge is 0.308 e. The fourth-order valence-electron chi connectivity index (χ4n) is 4.05. The number of hydrogen-bond donors (Lipinski definition) is 1. The van der Waals surface area contributed by atoms with Gasteiger partial charge in [-0.05, 0) is 67.9 Å². The van der Waals surface area contributed by atoms with Crippen molar-refractivity contribution < 1.29 is 14.3 Å². The molecule has 4 rings (SSSR count). The summed E-state index contributed by atoms with van der Waals surface area (Å²) in [7, 11) is 1.63. The number of aromatic nitrogens is 2. The Hall–Kier alpha value is -3.45. The molecule has 0 aliphatic carbocycles. The Kier molecular flexibility index (Phi) is 6.66. The average Bonchev–Trinajstić information content (AvgIpc) is 2.80. The van der Waals surface area contributed by atoms with Crippen LogP contribution in [0.25, 0.3) is 11.4 Å². The standard InChI is InChI=1S/C25H27N3O4/c1-17(29)32-22-7-3-18(4-8-22)16-28-13-11-19(12-14-28)23-15-24(30)27-25(26-23)20-5-9-21(31-2)10-6-20/h3-10,15,19H,11-14,16H2,1-2H3,(H,26,27,30). The van der Waals surface area contributed by atoms with Gasteiger partial charge in [0.2, 0.25) is 0 Å². The van der Waals surface area contributed by atoms with Gasteiger partial charge in [-0.15, -0.1) is 0 Å². The first-order valence-corrected chi connectivity index (χ1v) is 10.8. The summed E-state index contributed by atoms with van der Waals surface area (Å²) in [5.74, 6) is 1.86. The van der Waals surface area contributed by atoms with Crippen LogP contribution in [0.1, 0.15) is 36.9 Å². The summed E-state index contributed by atoms with van der Waals surface area (Å²) in [5, 5.41) is 0. The first kappa shape index (κ1) is 21.8. The minimum atomic E-state index is -0.316. The Balaban J connectivity index is 1.39. The SMILES string of the molecule is COc1ccc(-c2nc(C3CCN(Cc4ccc(OC(C)=O)cc4)CC3)cc(=O)[nH]2)cc1. The Labute approximate surface area is 187 Å². The van der Waals surface area contributed by atoms with E-state index >= 15 is 0 Å². The van der Waals surface area contributed by atoms with Crippen LogP contribution in [0.3, 0.4) is 0 Å². The first-order valence-electron chi connectivity index (χ1n) is 10.8. The van der Waals surface area contributed by atoms with Crippen molar-refractivity contribution in [2.75, 3.05) is 20.2 Å². The van der Waals surface area contributed by atoms with E-state index in [1.807, 2.05) is 48.5 Å². The van der Waals surface area contributed by atoms with Crippen molar-refractivity contribution in [1.29, 1.82) is 0 Å². The fraction of sp³-hybridized carbons (Fsp3) is 0.320. The second-order valence-electron chi connectivity index (χ2n) is 8.04. The topological polar surface area (TPSA) is 84.5 Å². The number of likely N-dealkylation sites (tertiary alicyclic amines) is 1. The molecule has 1 saturated heterocycles. The third-order valence-corrected chi connectivity index (χ3v) is 5.72. The van der Waals surface area contributed by atoms with Gasteiger partial charge in [-0.25, -0.2) is 4.98 Å². The lowest BCUT2D eigenvalue weighted by atomic mass is 9.93. The number of aromatic amines is 1. The van der Waals surface area contributed by atoms with Gasteiger partial charge in [-0.2, -0.15) is 0 Å². The number of nitrogens with one attached hydrogen (secondary N) is 1. The molecule has 32 heavy (non-hydrogen) atoms. The van der Waals surface area contributed by atoms with E-state index in [2.05, 4.69) is 9.88 Å². The van der Waals surface area contributed by atoms with E-state index < -0.39 is 0 Å². The third kappa shape index (κ3) is 5.42. The van der Waals surface area contributed by atoms with Crippen LogP contribution in [-0.4, -0.2) is 41.0 Å². The van der Waals surface area contributed by atoms with Crippen LogP contribution < -0.4 is 15.0 Å². The maximum atomic E-state index is 12.3. The van der Waals surface area contributed by atoms with E-state index in [4.69, 9.17) is 14.5 Å². The van der Waals surface area contributed by atoms with E-state index in [1.165, 1.54) is 12.5 Å². The number of esters is 1. The molecule has 1 aromatic heterocycles. The number of methoxy groups -OCH3 is 1. The summed E-state index contributed by atoms with van der Waals surface area (Å²) in [4.78, 5) is 33.4. The summed E-state index contributed by atoms with van der Waals surface area (Å²) in [6.07, 6.45) is 1.90. The Bertz CT molecular complexity index is 1120. The molecule has 1 N–H and O–H groups in total. The quantitative estimate of drug-likeness (QED) is 0.471. The molecule has 0 amide bonds. The van der Waals surface area contributed by atoms with Crippen LogP contribution in [-0.2, 0) is 11.3 Å². The maximum Gasteiger partial charge on any atom is 0.308 e. The number of nitrogens with zero attached hydrogens (tertiary/aromatic N) is 2. The molecule has 0 unspecified atom stereocenters. The van der Waals surface area contributed by atoms with E-state index in [1.54, 1.807) is 13.2 Å². The van der Waals surface area contributed by atoms with Gasteiger partial charge in [-0.3, -0.25) is 14.5 Å². The van der Waals surface area contributed by atoms with Gasteiger partial charge in [0.25, 0.3) is 5.56 Å².